The van der Waals surface area contributed by atoms with E-state index in [1.165, 1.54) is 59.5 Å². The molecule has 1 saturated heterocycles. The number of nitriles is 1. The molecule has 4 heterocycles. The first-order valence-electron chi connectivity index (χ1n) is 25.1. The highest BCUT2D eigenvalue weighted by atomic mass is 31.2. The number of anilines is 1. The van der Waals surface area contributed by atoms with E-state index in [-0.39, 0.29) is 50.1 Å². The molecule has 23 heteroatoms. The van der Waals surface area contributed by atoms with Crippen LogP contribution >= 0.6 is 8.38 Å². The number of rotatable bonds is 26. The van der Waals surface area contributed by atoms with Crippen LogP contribution in [0.25, 0.3) is 6.08 Å². The molecule has 4 aromatic rings. The van der Waals surface area contributed by atoms with Crippen molar-refractivity contribution in [1.82, 2.24) is 20.2 Å². The number of hydrogen-bond acceptors (Lipinski definition) is 18. The van der Waals surface area contributed by atoms with Gasteiger partial charge in [-0.05, 0) is 93.8 Å². The van der Waals surface area contributed by atoms with Gasteiger partial charge in [0.2, 0.25) is 5.91 Å². The number of aliphatic hydroxyl groups is 1. The highest BCUT2D eigenvalue weighted by molar-refractivity contribution is 7.46. The van der Waals surface area contributed by atoms with Crippen molar-refractivity contribution >= 4 is 54.5 Å². The molecule has 22 nitrogen and oxygen atoms in total. The van der Waals surface area contributed by atoms with Crippen LogP contribution in [-0.4, -0.2) is 90.9 Å². The summed E-state index contributed by atoms with van der Waals surface area (Å²) < 4.78 is 38.8. The number of nitrogens with zero attached hydrogens (tertiary/aromatic N) is 8. The van der Waals surface area contributed by atoms with E-state index < -0.39 is 43.0 Å². The zero-order chi connectivity index (χ0) is 53.3. The van der Waals surface area contributed by atoms with Gasteiger partial charge in [0, 0.05) is 94.0 Å². The number of azo groups is 2. The Labute approximate surface area is 430 Å². The summed E-state index contributed by atoms with van der Waals surface area (Å²) in [6.07, 6.45) is 9.27. The standard InChI is InChI=1S/C51H62N11O11P/c1-33(14-15-36-31-61(51(66)55-50(36)65)47-30-44(34(2)72-47)73-74(4)71-26-10-20-52)53-21-22-54-46(64)13-6-5-7-25-70-49-40-12-9-24-60-23-8-11-35(48(40)60)27-43(49)59-57-41-29-45(69-3)42(28-37(41)32-63)58-56-38-16-18-39(19-17-38)62(67)68/h14-19,27-29,31,34,44,47,53,63H,1,5-13,21-26,30,32H2,2-4H3,(H,54,64)(H,55,65,66)/b15-14+,58-56+,59-57+/t34-,44?,47-,74?/m1/s1/i2D. The maximum absolute atomic E-state index is 12.8. The zero-order valence-electron chi connectivity index (χ0n) is 42.5. The molecule has 74 heavy (non-hydrogen) atoms. The number of nitro groups is 1. The maximum atomic E-state index is 12.8. The van der Waals surface area contributed by atoms with Gasteiger partial charge in [-0.15, -0.1) is 15.3 Å². The third-order valence-corrected chi connectivity index (χ3v) is 13.5. The van der Waals surface area contributed by atoms with Crippen LogP contribution in [0.15, 0.2) is 97.1 Å². The van der Waals surface area contributed by atoms with Gasteiger partial charge in [-0.1, -0.05) is 6.58 Å². The number of methoxy groups -OCH3 is 1. The number of carbonyl (C=O) groups excluding carboxylic acids is 1. The lowest BCUT2D eigenvalue weighted by Gasteiger charge is -2.37. The lowest BCUT2D eigenvalue weighted by molar-refractivity contribution is -0.384. The summed E-state index contributed by atoms with van der Waals surface area (Å²) in [6.45, 7) is 8.58. The molecule has 0 aliphatic carbocycles. The number of hydrogen-bond donors (Lipinski definition) is 4. The topological polar surface area (TPSA) is 282 Å². The van der Waals surface area contributed by atoms with Gasteiger partial charge in [0.25, 0.3) is 11.2 Å². The van der Waals surface area contributed by atoms with Crippen LogP contribution in [0.5, 0.6) is 11.5 Å². The van der Waals surface area contributed by atoms with Crippen molar-refractivity contribution in [2.45, 2.75) is 96.2 Å². The average molecular weight is 1040 g/mol. The summed E-state index contributed by atoms with van der Waals surface area (Å²) in [5.41, 5.74) is 4.99. The summed E-state index contributed by atoms with van der Waals surface area (Å²) in [7, 11) is 0.148. The molecular weight excluding hydrogens is 974 g/mol. The van der Waals surface area contributed by atoms with E-state index in [1.807, 2.05) is 12.1 Å². The number of non-ortho nitro benzene ring substituents is 1. The van der Waals surface area contributed by atoms with Gasteiger partial charge in [0.1, 0.15) is 23.4 Å². The summed E-state index contributed by atoms with van der Waals surface area (Å²) in [5.74, 6) is 0.924. The smallest absolute Gasteiger partial charge is 0.330 e. The minimum Gasteiger partial charge on any atom is -0.494 e. The second-order valence-corrected chi connectivity index (χ2v) is 19.0. The Morgan fingerprint density at radius 2 is 1.84 bits per heavy atom. The first-order chi connectivity index (χ1) is 36.4. The van der Waals surface area contributed by atoms with E-state index >= 15 is 0 Å². The van der Waals surface area contributed by atoms with Crippen molar-refractivity contribution in [2.75, 3.05) is 58.1 Å². The van der Waals surface area contributed by atoms with E-state index in [9.17, 15) is 29.6 Å². The van der Waals surface area contributed by atoms with Gasteiger partial charge in [0.05, 0.1) is 73.5 Å². The number of amides is 1. The fourth-order valence-corrected chi connectivity index (χ4v) is 9.75. The highest BCUT2D eigenvalue weighted by Crippen LogP contribution is 2.47. The van der Waals surface area contributed by atoms with Crippen molar-refractivity contribution in [3.63, 3.8) is 0 Å². The highest BCUT2D eigenvalue weighted by Gasteiger charge is 2.36. The van der Waals surface area contributed by atoms with Crippen molar-refractivity contribution < 1.29 is 39.5 Å². The first kappa shape index (κ1) is 53.2. The Kier molecular flexibility index (Phi) is 19.2. The third-order valence-electron chi connectivity index (χ3n) is 12.4. The number of H-pyrrole nitrogens is 1. The van der Waals surface area contributed by atoms with E-state index in [2.05, 4.69) is 42.4 Å². The molecule has 392 valence electrons. The fourth-order valence-electron chi connectivity index (χ4n) is 8.73. The minimum atomic E-state index is -1.33. The number of aromatic amines is 1. The number of ether oxygens (including phenoxy) is 3. The predicted molar refractivity (Wildman–Crippen MR) is 278 cm³/mol. The van der Waals surface area contributed by atoms with Gasteiger partial charge in [-0.3, -0.25) is 29.3 Å². The van der Waals surface area contributed by atoms with Crippen LogP contribution < -0.4 is 36.3 Å². The number of aromatic nitrogens is 2. The van der Waals surface area contributed by atoms with E-state index in [1.54, 1.807) is 24.9 Å². The predicted octanol–water partition coefficient (Wildman–Crippen LogP) is 8.91. The molecule has 0 spiro atoms. The molecule has 4 atom stereocenters. The molecule has 2 unspecified atom stereocenters. The third kappa shape index (κ3) is 14.5. The summed E-state index contributed by atoms with van der Waals surface area (Å²) in [4.78, 5) is 53.6. The Hall–Kier alpha value is -7.15. The fraction of sp³-hybridized carbons (Fsp3) is 0.451. The number of aryl methyl sites for hydroxylation is 1. The van der Waals surface area contributed by atoms with Crippen LogP contribution in [0.2, 0.25) is 0 Å². The Morgan fingerprint density at radius 3 is 2.59 bits per heavy atom. The summed E-state index contributed by atoms with van der Waals surface area (Å²) in [6, 6.07) is 12.9. The Bertz CT molecular complexity index is 2920. The molecule has 0 saturated carbocycles. The lowest BCUT2D eigenvalue weighted by Crippen LogP contribution is -2.34. The van der Waals surface area contributed by atoms with E-state index in [4.69, 9.17) is 35.0 Å². The SMILES string of the molecule is [2H]C[C@H]1O[C@@H](n2cc(/C=C/C(=C)NCCNC(=O)CCCCCOc3c(/N=N/c4cc(OC)c(/N=N/c5ccc([N+](=O)[O-])cc5)cc4CO)cc4c5c3CCCN5CCC4)c(=O)[nH]c2=O)CC1OP(C)OCCC#N. The van der Waals surface area contributed by atoms with Gasteiger partial charge >= 0.3 is 5.69 Å². The molecule has 0 bridgehead atoms. The summed E-state index contributed by atoms with van der Waals surface area (Å²) >= 11 is 0. The van der Waals surface area contributed by atoms with Crippen molar-refractivity contribution in [2.24, 2.45) is 20.5 Å². The normalized spacial score (nSPS) is 17.8. The molecule has 4 N–H and O–H groups in total. The Morgan fingerprint density at radius 1 is 1.07 bits per heavy atom. The average Bonchev–Trinajstić information content (AvgIpc) is 3.81. The molecule has 1 aromatic heterocycles. The largest absolute Gasteiger partial charge is 0.494 e. The second-order valence-electron chi connectivity index (χ2n) is 17.6. The second kappa shape index (κ2) is 26.7. The number of nitro benzene ring substituents is 1. The molecule has 0 radical (unpaired) electrons. The van der Waals surface area contributed by atoms with Crippen molar-refractivity contribution in [1.29, 1.82) is 5.26 Å². The van der Waals surface area contributed by atoms with Crippen LogP contribution in [0.1, 0.15) is 88.1 Å². The lowest BCUT2D eigenvalue weighted by atomic mass is 9.90. The van der Waals surface area contributed by atoms with Crippen molar-refractivity contribution in [3.05, 3.63) is 120 Å². The Balaban J connectivity index is 0.880. The number of nitrogens with one attached hydrogen (secondary N) is 3. The molecule has 3 aliphatic rings. The van der Waals surface area contributed by atoms with E-state index in [0.717, 1.165) is 50.8 Å². The maximum Gasteiger partial charge on any atom is 0.330 e. The molecule has 7 rings (SSSR count). The number of unbranched alkanes of at least 4 members (excludes halogenated alkanes) is 2. The molecule has 3 aromatic carbocycles. The van der Waals surface area contributed by atoms with Gasteiger partial charge < -0.3 is 43.9 Å². The van der Waals surface area contributed by atoms with Crippen LogP contribution in [-0.2, 0) is 38.0 Å². The van der Waals surface area contributed by atoms with Gasteiger partial charge in [-0.25, -0.2) is 4.79 Å². The molecule has 1 fully saturated rings. The zero-order valence-corrected chi connectivity index (χ0v) is 42.4. The van der Waals surface area contributed by atoms with Crippen LogP contribution in [0, 0.1) is 21.4 Å². The quantitative estimate of drug-likeness (QED) is 0.0114. The van der Waals surface area contributed by atoms with Crippen LogP contribution in [0.3, 0.4) is 0 Å². The molecule has 1 amide bonds. The number of aliphatic hydroxyl groups excluding tert-OH is 1. The monoisotopic (exact) mass is 1040 g/mol. The minimum absolute atomic E-state index is 0.0643. The molecular formula is C51H62N11O11P. The van der Waals surface area contributed by atoms with Gasteiger partial charge in [0.15, 0.2) is 14.1 Å². The molecule has 3 aliphatic heterocycles. The van der Waals surface area contributed by atoms with Crippen LogP contribution in [0.4, 0.5) is 34.1 Å². The van der Waals surface area contributed by atoms with Gasteiger partial charge in [-0.2, -0.15) is 10.4 Å². The summed E-state index contributed by atoms with van der Waals surface area (Å²) in [5, 5.41) is 54.0. The first-order valence-corrected chi connectivity index (χ1v) is 26.1. The number of allylic oxidation sites excluding steroid dienone is 1. The van der Waals surface area contributed by atoms with Crippen molar-refractivity contribution in [3.8, 4) is 17.6 Å². The number of carbonyl (C=O) groups is 1. The number of benzene rings is 3. The van der Waals surface area contributed by atoms with E-state index in [0.29, 0.717) is 84.5 Å².